The number of likely N-dealkylation sites (tertiary alicyclic amines) is 1. The summed E-state index contributed by atoms with van der Waals surface area (Å²) >= 11 is 0. The fraction of sp³-hybridized carbons (Fsp3) is 0.667. The maximum absolute atomic E-state index is 11.8. The fourth-order valence-electron chi connectivity index (χ4n) is 4.16. The average molecular weight is 415 g/mol. The molecule has 0 radical (unpaired) electrons. The molecule has 1 heterocycles. The zero-order valence-electron chi connectivity index (χ0n) is 18.5. The second-order valence-corrected chi connectivity index (χ2v) is 8.34. The molecular weight excluding hydrogens is 376 g/mol. The van der Waals surface area contributed by atoms with Crippen molar-refractivity contribution in [2.75, 3.05) is 26.2 Å². The van der Waals surface area contributed by atoms with Crippen LogP contribution in [-0.4, -0.2) is 49.1 Å². The molecule has 2 aliphatic rings. The minimum atomic E-state index is 0.271. The molecule has 3 rings (SSSR count). The summed E-state index contributed by atoms with van der Waals surface area (Å²) in [5, 5.41) is 6.69. The Morgan fingerprint density at radius 1 is 1.07 bits per heavy atom. The lowest BCUT2D eigenvalue weighted by molar-refractivity contribution is -0.128. The Bertz CT molecular complexity index is 666. The molecule has 1 aliphatic heterocycles. The number of aliphatic imine (C=N–C) groups is 1. The molecule has 0 aromatic heterocycles. The number of carbonyl (C=O) groups is 1. The third-order valence-electron chi connectivity index (χ3n) is 5.88. The van der Waals surface area contributed by atoms with Crippen molar-refractivity contribution in [2.45, 2.75) is 77.5 Å². The van der Waals surface area contributed by atoms with E-state index in [1.54, 1.807) is 0 Å². The van der Waals surface area contributed by atoms with Crippen LogP contribution in [0.4, 0.5) is 0 Å². The van der Waals surface area contributed by atoms with Gasteiger partial charge in [-0.15, -0.1) is 0 Å². The van der Waals surface area contributed by atoms with Crippen molar-refractivity contribution in [1.29, 1.82) is 0 Å². The summed E-state index contributed by atoms with van der Waals surface area (Å²) in [5.41, 5.74) is 2.34. The van der Waals surface area contributed by atoms with Crippen LogP contribution in [0.15, 0.2) is 29.3 Å². The number of hydrogen-bond donors (Lipinski definition) is 2. The van der Waals surface area contributed by atoms with Crippen LogP contribution >= 0.6 is 0 Å². The number of benzene rings is 1. The molecule has 1 saturated carbocycles. The highest BCUT2D eigenvalue weighted by molar-refractivity contribution is 5.79. The van der Waals surface area contributed by atoms with E-state index in [-0.39, 0.29) is 5.91 Å². The molecule has 6 nitrogen and oxygen atoms in total. The van der Waals surface area contributed by atoms with Gasteiger partial charge in [0.25, 0.3) is 0 Å². The summed E-state index contributed by atoms with van der Waals surface area (Å²) in [6.45, 7) is 6.62. The lowest BCUT2D eigenvalue weighted by Crippen LogP contribution is -2.39. The predicted octanol–water partition coefficient (Wildman–Crippen LogP) is 3.60. The van der Waals surface area contributed by atoms with Crippen molar-refractivity contribution in [1.82, 2.24) is 15.5 Å². The smallest absolute Gasteiger partial charge is 0.222 e. The van der Waals surface area contributed by atoms with Gasteiger partial charge in [0.1, 0.15) is 0 Å². The zero-order valence-corrected chi connectivity index (χ0v) is 18.5. The molecule has 0 spiro atoms. The molecule has 2 fully saturated rings. The summed E-state index contributed by atoms with van der Waals surface area (Å²) in [5.74, 6) is 1.10. The highest BCUT2D eigenvalue weighted by atomic mass is 16.5. The first-order valence-electron chi connectivity index (χ1n) is 11.7. The maximum Gasteiger partial charge on any atom is 0.222 e. The van der Waals surface area contributed by atoms with Crippen molar-refractivity contribution in [3.63, 3.8) is 0 Å². The van der Waals surface area contributed by atoms with Crippen molar-refractivity contribution in [3.05, 3.63) is 35.4 Å². The van der Waals surface area contributed by atoms with Crippen LogP contribution in [0.5, 0.6) is 0 Å². The van der Waals surface area contributed by atoms with Crippen LogP contribution in [-0.2, 0) is 22.6 Å². The van der Waals surface area contributed by atoms with Gasteiger partial charge in [-0.25, -0.2) is 4.99 Å². The van der Waals surface area contributed by atoms with E-state index in [0.29, 0.717) is 25.6 Å². The first kappa shape index (κ1) is 22.6. The molecule has 1 amide bonds. The van der Waals surface area contributed by atoms with Gasteiger partial charge in [0.2, 0.25) is 5.91 Å². The van der Waals surface area contributed by atoms with Crippen molar-refractivity contribution in [3.8, 4) is 0 Å². The van der Waals surface area contributed by atoms with Crippen molar-refractivity contribution in [2.24, 2.45) is 4.99 Å². The van der Waals surface area contributed by atoms with Crippen LogP contribution in [0, 0.1) is 0 Å². The summed E-state index contributed by atoms with van der Waals surface area (Å²) < 4.78 is 6.06. The van der Waals surface area contributed by atoms with Gasteiger partial charge in [0, 0.05) is 32.6 Å². The monoisotopic (exact) mass is 414 g/mol. The maximum atomic E-state index is 11.8. The average Bonchev–Trinajstić information content (AvgIpc) is 3.00. The third kappa shape index (κ3) is 7.63. The van der Waals surface area contributed by atoms with Gasteiger partial charge in [0.15, 0.2) is 5.96 Å². The summed E-state index contributed by atoms with van der Waals surface area (Å²) in [4.78, 5) is 18.4. The standard InChI is InChI=1S/C24H38N4O2/c1-2-25-24(26-15-17-30-22-8-5-3-4-6-9-22)27-18-20-11-13-21(14-12-20)19-28-16-7-10-23(28)29/h11-14,22H,2-10,15-19H2,1H3,(H2,25,26,27). The Morgan fingerprint density at radius 2 is 1.80 bits per heavy atom. The van der Waals surface area contributed by atoms with Crippen molar-refractivity contribution < 1.29 is 9.53 Å². The highest BCUT2D eigenvalue weighted by Crippen LogP contribution is 2.19. The Kier molecular flexibility index (Phi) is 9.48. The largest absolute Gasteiger partial charge is 0.376 e. The predicted molar refractivity (Wildman–Crippen MR) is 121 cm³/mol. The van der Waals surface area contributed by atoms with E-state index in [2.05, 4.69) is 41.8 Å². The van der Waals surface area contributed by atoms with Crippen LogP contribution in [0.2, 0.25) is 0 Å². The number of nitrogens with zero attached hydrogens (tertiary/aromatic N) is 2. The van der Waals surface area contributed by atoms with Gasteiger partial charge >= 0.3 is 0 Å². The highest BCUT2D eigenvalue weighted by Gasteiger charge is 2.19. The molecule has 2 N–H and O–H groups in total. The Labute approximate surface area is 181 Å². The van der Waals surface area contributed by atoms with Crippen LogP contribution in [0.1, 0.15) is 69.4 Å². The molecule has 1 saturated heterocycles. The quantitative estimate of drug-likeness (QED) is 0.280. The van der Waals surface area contributed by atoms with E-state index in [1.807, 2.05) is 4.90 Å². The lowest BCUT2D eigenvalue weighted by atomic mass is 10.1. The van der Waals surface area contributed by atoms with Gasteiger partial charge in [-0.3, -0.25) is 4.79 Å². The minimum absolute atomic E-state index is 0.271. The van der Waals surface area contributed by atoms with Crippen molar-refractivity contribution >= 4 is 11.9 Å². The Morgan fingerprint density at radius 3 is 2.47 bits per heavy atom. The molecule has 30 heavy (non-hydrogen) atoms. The number of rotatable bonds is 9. The summed E-state index contributed by atoms with van der Waals surface area (Å²) in [6.07, 6.45) is 9.83. The van der Waals surface area contributed by atoms with Gasteiger partial charge in [-0.1, -0.05) is 49.9 Å². The number of nitrogens with one attached hydrogen (secondary N) is 2. The number of amides is 1. The number of hydrogen-bond acceptors (Lipinski definition) is 3. The number of ether oxygens (including phenoxy) is 1. The summed E-state index contributed by atoms with van der Waals surface area (Å²) in [6, 6.07) is 8.44. The molecule has 1 aromatic rings. The van der Waals surface area contributed by atoms with E-state index in [4.69, 9.17) is 9.73 Å². The molecule has 0 bridgehead atoms. The van der Waals surface area contributed by atoms with Gasteiger partial charge in [-0.2, -0.15) is 0 Å². The second kappa shape index (κ2) is 12.6. The van der Waals surface area contributed by atoms with Gasteiger partial charge in [0.05, 0.1) is 19.3 Å². The van der Waals surface area contributed by atoms with Gasteiger partial charge in [-0.05, 0) is 37.3 Å². The van der Waals surface area contributed by atoms with Crippen LogP contribution in [0.3, 0.4) is 0 Å². The van der Waals surface area contributed by atoms with E-state index >= 15 is 0 Å². The Hall–Kier alpha value is -2.08. The SMILES string of the molecule is CCNC(=NCc1ccc(CN2CCCC2=O)cc1)NCCOC1CCCCCC1. The molecule has 1 aromatic carbocycles. The van der Waals surface area contributed by atoms with E-state index < -0.39 is 0 Å². The molecule has 166 valence electrons. The normalized spacial score (nSPS) is 18.5. The lowest BCUT2D eigenvalue weighted by Gasteiger charge is -2.17. The minimum Gasteiger partial charge on any atom is -0.376 e. The van der Waals surface area contributed by atoms with E-state index in [1.165, 1.54) is 49.7 Å². The van der Waals surface area contributed by atoms with E-state index in [9.17, 15) is 4.79 Å². The Balaban J connectivity index is 1.41. The molecule has 1 aliphatic carbocycles. The fourth-order valence-corrected chi connectivity index (χ4v) is 4.16. The van der Waals surface area contributed by atoms with Gasteiger partial charge < -0.3 is 20.3 Å². The first-order chi connectivity index (χ1) is 14.7. The van der Waals surface area contributed by atoms with Crippen LogP contribution < -0.4 is 10.6 Å². The molecule has 0 unspecified atom stereocenters. The number of carbonyl (C=O) groups excluding carboxylic acids is 1. The number of guanidine groups is 1. The molecular formula is C24H38N4O2. The second-order valence-electron chi connectivity index (χ2n) is 8.34. The third-order valence-corrected chi connectivity index (χ3v) is 5.88. The van der Waals surface area contributed by atoms with E-state index in [0.717, 1.165) is 38.6 Å². The summed E-state index contributed by atoms with van der Waals surface area (Å²) in [7, 11) is 0. The molecule has 0 atom stereocenters. The first-order valence-corrected chi connectivity index (χ1v) is 11.7. The molecule has 6 heteroatoms. The topological polar surface area (TPSA) is 66.0 Å². The zero-order chi connectivity index (χ0) is 21.0. The van der Waals surface area contributed by atoms with Crippen LogP contribution in [0.25, 0.3) is 0 Å².